The maximum absolute atomic E-state index is 13.7. The number of rotatable bonds is 5. The van der Waals surface area contributed by atoms with Gasteiger partial charge in [0, 0.05) is 24.2 Å². The molecular formula is C21H15FN4OS. The first-order valence-corrected chi connectivity index (χ1v) is 9.43. The second-order valence-corrected chi connectivity index (χ2v) is 7.13. The van der Waals surface area contributed by atoms with E-state index in [-0.39, 0.29) is 17.8 Å². The molecule has 7 heteroatoms. The van der Waals surface area contributed by atoms with Crippen LogP contribution in [0.15, 0.2) is 60.8 Å². The molecule has 3 heterocycles. The molecule has 0 aliphatic rings. The van der Waals surface area contributed by atoms with E-state index in [1.54, 1.807) is 29.2 Å². The molecule has 4 rings (SSSR count). The quantitative estimate of drug-likeness (QED) is 0.468. The molecule has 0 saturated carbocycles. The number of nitrogens with zero attached hydrogens (tertiary/aromatic N) is 4. The van der Waals surface area contributed by atoms with Crippen molar-refractivity contribution in [2.75, 3.05) is 0 Å². The topological polar surface area (TPSA) is 68.6 Å². The van der Waals surface area contributed by atoms with Crippen molar-refractivity contribution in [3.8, 4) is 21.7 Å². The molecule has 0 fully saturated rings. The Hall–Kier alpha value is -3.32. The zero-order valence-electron chi connectivity index (χ0n) is 15.0. The fraction of sp³-hybridized carbons (Fsp3) is 0.0952. The highest BCUT2D eigenvalue weighted by Gasteiger charge is 2.14. The summed E-state index contributed by atoms with van der Waals surface area (Å²) in [5.41, 5.74) is 6.12. The Morgan fingerprint density at radius 3 is 2.68 bits per heavy atom. The van der Waals surface area contributed by atoms with Crippen molar-refractivity contribution in [1.82, 2.24) is 19.9 Å². The molecule has 0 aliphatic carbocycles. The number of ketones is 1. The van der Waals surface area contributed by atoms with E-state index < -0.39 is 5.82 Å². The van der Waals surface area contributed by atoms with Crippen molar-refractivity contribution >= 4 is 17.1 Å². The second kappa shape index (κ2) is 7.74. The van der Waals surface area contributed by atoms with E-state index in [4.69, 9.17) is 0 Å². The van der Waals surface area contributed by atoms with Crippen LogP contribution >= 0.6 is 11.3 Å². The number of carbonyl (C=O) groups is 1. The number of pyridine rings is 1. The first kappa shape index (κ1) is 18.1. The number of benzene rings is 1. The van der Waals surface area contributed by atoms with Gasteiger partial charge in [0.2, 0.25) is 0 Å². The van der Waals surface area contributed by atoms with Gasteiger partial charge in [-0.3, -0.25) is 24.7 Å². The van der Waals surface area contributed by atoms with E-state index in [0.29, 0.717) is 5.69 Å². The molecule has 0 N–H and O–H groups in total. The van der Waals surface area contributed by atoms with Gasteiger partial charge in [0.15, 0.2) is 11.6 Å². The SMILES string of the molecule is Cc1ccc(-c2cncs2)cc1-c1cnc(CC(=O)c2ccncc2F)cn1. The molecule has 0 unspecified atom stereocenters. The van der Waals surface area contributed by atoms with Gasteiger partial charge in [0.1, 0.15) is 0 Å². The van der Waals surface area contributed by atoms with Crippen LogP contribution in [0.3, 0.4) is 0 Å². The summed E-state index contributed by atoms with van der Waals surface area (Å²) in [7, 11) is 0. The highest BCUT2D eigenvalue weighted by molar-refractivity contribution is 7.13. The molecule has 1 aromatic carbocycles. The first-order valence-electron chi connectivity index (χ1n) is 8.55. The average Bonchev–Trinajstić information content (AvgIpc) is 3.24. The zero-order valence-corrected chi connectivity index (χ0v) is 15.8. The van der Waals surface area contributed by atoms with Crippen LogP contribution in [0.25, 0.3) is 21.7 Å². The number of halogens is 1. The monoisotopic (exact) mass is 390 g/mol. The van der Waals surface area contributed by atoms with Gasteiger partial charge < -0.3 is 0 Å². The Balaban J connectivity index is 1.58. The summed E-state index contributed by atoms with van der Waals surface area (Å²) in [4.78, 5) is 30.0. The van der Waals surface area contributed by atoms with Crippen LogP contribution < -0.4 is 0 Å². The molecule has 0 atom stereocenters. The third kappa shape index (κ3) is 3.70. The van der Waals surface area contributed by atoms with Crippen molar-refractivity contribution in [2.45, 2.75) is 13.3 Å². The van der Waals surface area contributed by atoms with Crippen molar-refractivity contribution in [2.24, 2.45) is 0 Å². The van der Waals surface area contributed by atoms with Crippen LogP contribution in [0.1, 0.15) is 21.6 Å². The van der Waals surface area contributed by atoms with Gasteiger partial charge in [-0.1, -0.05) is 12.1 Å². The normalized spacial score (nSPS) is 10.8. The molecule has 5 nitrogen and oxygen atoms in total. The van der Waals surface area contributed by atoms with E-state index in [1.165, 1.54) is 12.3 Å². The number of Topliss-reactive ketones (excluding diaryl/α,β-unsaturated/α-hetero) is 1. The summed E-state index contributed by atoms with van der Waals surface area (Å²) in [6.45, 7) is 2.01. The number of aryl methyl sites for hydroxylation is 1. The smallest absolute Gasteiger partial charge is 0.171 e. The number of hydrogen-bond acceptors (Lipinski definition) is 6. The second-order valence-electron chi connectivity index (χ2n) is 6.24. The van der Waals surface area contributed by atoms with Gasteiger partial charge in [-0.2, -0.15) is 0 Å². The molecular weight excluding hydrogens is 375 g/mol. The summed E-state index contributed by atoms with van der Waals surface area (Å²) in [6, 6.07) is 7.52. The van der Waals surface area contributed by atoms with Crippen LogP contribution in [-0.2, 0) is 6.42 Å². The van der Waals surface area contributed by atoms with E-state index in [1.807, 2.05) is 19.2 Å². The maximum atomic E-state index is 13.7. The van der Waals surface area contributed by atoms with Gasteiger partial charge in [0.05, 0.1) is 46.2 Å². The third-order valence-corrected chi connectivity index (χ3v) is 5.17. The predicted octanol–water partition coefficient (Wildman–Crippen LogP) is 4.54. The third-order valence-electron chi connectivity index (χ3n) is 4.35. The summed E-state index contributed by atoms with van der Waals surface area (Å²) in [5, 5.41) is 0. The van der Waals surface area contributed by atoms with Crippen LogP contribution in [0, 0.1) is 12.7 Å². The Bertz CT molecular complexity index is 1130. The molecule has 4 aromatic rings. The van der Waals surface area contributed by atoms with E-state index in [0.717, 1.165) is 33.5 Å². The maximum Gasteiger partial charge on any atom is 0.171 e. The molecule has 0 spiro atoms. The molecule has 138 valence electrons. The lowest BCUT2D eigenvalue weighted by Crippen LogP contribution is -2.08. The van der Waals surface area contributed by atoms with Crippen LogP contribution in [-0.4, -0.2) is 25.7 Å². The number of hydrogen-bond donors (Lipinski definition) is 0. The Labute approximate surface area is 165 Å². The molecule has 28 heavy (non-hydrogen) atoms. The van der Waals surface area contributed by atoms with Gasteiger partial charge in [-0.25, -0.2) is 4.39 Å². The average molecular weight is 390 g/mol. The minimum atomic E-state index is -0.632. The largest absolute Gasteiger partial charge is 0.294 e. The van der Waals surface area contributed by atoms with Crippen molar-refractivity contribution in [3.63, 3.8) is 0 Å². The van der Waals surface area contributed by atoms with Crippen molar-refractivity contribution < 1.29 is 9.18 Å². The lowest BCUT2D eigenvalue weighted by Gasteiger charge is -2.08. The summed E-state index contributed by atoms with van der Waals surface area (Å²) in [6.07, 6.45) is 7.44. The van der Waals surface area contributed by atoms with Gasteiger partial charge in [-0.15, -0.1) is 11.3 Å². The highest BCUT2D eigenvalue weighted by atomic mass is 32.1. The molecule has 0 saturated heterocycles. The van der Waals surface area contributed by atoms with Crippen LogP contribution in [0.5, 0.6) is 0 Å². The lowest BCUT2D eigenvalue weighted by molar-refractivity contribution is 0.0988. The number of aromatic nitrogens is 4. The fourth-order valence-corrected chi connectivity index (χ4v) is 3.48. The van der Waals surface area contributed by atoms with E-state index in [9.17, 15) is 9.18 Å². The zero-order chi connectivity index (χ0) is 19.5. The minimum Gasteiger partial charge on any atom is -0.294 e. The summed E-state index contributed by atoms with van der Waals surface area (Å²) in [5.74, 6) is -0.988. The first-order chi connectivity index (χ1) is 13.6. The van der Waals surface area contributed by atoms with Gasteiger partial charge >= 0.3 is 0 Å². The minimum absolute atomic E-state index is 0.00831. The summed E-state index contributed by atoms with van der Waals surface area (Å²) < 4.78 is 13.7. The van der Waals surface area contributed by atoms with Gasteiger partial charge in [0.25, 0.3) is 0 Å². The number of carbonyl (C=O) groups excluding carboxylic acids is 1. The van der Waals surface area contributed by atoms with Crippen molar-refractivity contribution in [3.05, 3.63) is 83.4 Å². The molecule has 0 amide bonds. The van der Waals surface area contributed by atoms with Gasteiger partial charge in [-0.05, 0) is 30.2 Å². The predicted molar refractivity (Wildman–Crippen MR) is 106 cm³/mol. The van der Waals surface area contributed by atoms with Crippen LogP contribution in [0.4, 0.5) is 4.39 Å². The van der Waals surface area contributed by atoms with E-state index >= 15 is 0 Å². The summed E-state index contributed by atoms with van der Waals surface area (Å²) >= 11 is 1.57. The molecule has 3 aromatic heterocycles. The van der Waals surface area contributed by atoms with Crippen LogP contribution in [0.2, 0.25) is 0 Å². The number of thiazole rings is 1. The Morgan fingerprint density at radius 1 is 1.07 bits per heavy atom. The molecule has 0 aliphatic heterocycles. The highest BCUT2D eigenvalue weighted by Crippen LogP contribution is 2.29. The molecule has 0 bridgehead atoms. The standard InChI is InChI=1S/C21H15FN4OS/c1-13-2-3-14(21-11-24-12-28-21)6-17(13)19-10-25-15(8-26-19)7-20(27)16-4-5-23-9-18(16)22/h2-6,8-12H,7H2,1H3. The Kier molecular flexibility index (Phi) is 4.99. The fourth-order valence-electron chi connectivity index (χ4n) is 2.86. The van der Waals surface area contributed by atoms with E-state index in [2.05, 4.69) is 32.1 Å². The molecule has 0 radical (unpaired) electrons. The van der Waals surface area contributed by atoms with Crippen molar-refractivity contribution in [1.29, 1.82) is 0 Å². The lowest BCUT2D eigenvalue weighted by atomic mass is 10.0. The Morgan fingerprint density at radius 2 is 1.96 bits per heavy atom.